The Kier molecular flexibility index (Phi) is 5.47. The van der Waals surface area contributed by atoms with Crippen LogP contribution >= 0.6 is 0 Å². The summed E-state index contributed by atoms with van der Waals surface area (Å²) in [7, 11) is -1.60. The van der Waals surface area contributed by atoms with Crippen LogP contribution in [0.3, 0.4) is 0 Å². The van der Waals surface area contributed by atoms with Crippen LogP contribution in [0.25, 0.3) is 0 Å². The highest BCUT2D eigenvalue weighted by atomic mass is 28.3. The lowest BCUT2D eigenvalue weighted by molar-refractivity contribution is -0.158. The molecule has 0 saturated carbocycles. The average Bonchev–Trinajstić information content (AvgIpc) is 2.73. The second-order valence-electron chi connectivity index (χ2n) is 8.88. The largest absolute Gasteiger partial charge is 0.376 e. The van der Waals surface area contributed by atoms with Gasteiger partial charge in [0, 0.05) is 12.0 Å². The molecule has 2 nitrogen and oxygen atoms in total. The minimum Gasteiger partial charge on any atom is -0.376 e. The van der Waals surface area contributed by atoms with E-state index in [9.17, 15) is 5.11 Å². The van der Waals surface area contributed by atoms with Crippen molar-refractivity contribution in [3.05, 3.63) is 95.6 Å². The summed E-state index contributed by atoms with van der Waals surface area (Å²) in [6.45, 7) is 6.71. The maximum atomic E-state index is 11.8. The third-order valence-electron chi connectivity index (χ3n) is 5.69. The lowest BCUT2D eigenvalue weighted by atomic mass is 9.76. The monoisotopic (exact) mass is 401 g/mol. The van der Waals surface area contributed by atoms with Crippen LogP contribution in [0.2, 0.25) is 0 Å². The quantitative estimate of drug-likeness (QED) is 0.522. The van der Waals surface area contributed by atoms with Crippen molar-refractivity contribution in [2.24, 2.45) is 0 Å². The Morgan fingerprint density at radius 1 is 0.828 bits per heavy atom. The predicted molar refractivity (Wildman–Crippen MR) is 121 cm³/mol. The van der Waals surface area contributed by atoms with Crippen molar-refractivity contribution in [3.63, 3.8) is 0 Å². The van der Waals surface area contributed by atoms with Gasteiger partial charge in [-0.3, -0.25) is 0 Å². The van der Waals surface area contributed by atoms with Crippen LogP contribution in [0, 0.1) is 0 Å². The first-order valence-corrected chi connectivity index (χ1v) is 11.8. The van der Waals surface area contributed by atoms with Gasteiger partial charge >= 0.3 is 0 Å². The number of hydrogen-bond donors (Lipinski definition) is 1. The van der Waals surface area contributed by atoms with E-state index >= 15 is 0 Å². The van der Waals surface area contributed by atoms with Crippen molar-refractivity contribution >= 4 is 19.4 Å². The fourth-order valence-corrected chi connectivity index (χ4v) is 6.41. The molecule has 0 bridgehead atoms. The van der Waals surface area contributed by atoms with Crippen molar-refractivity contribution in [1.29, 1.82) is 0 Å². The van der Waals surface area contributed by atoms with Gasteiger partial charge in [-0.15, -0.1) is 0 Å². The molecule has 0 heterocycles. The van der Waals surface area contributed by atoms with Crippen LogP contribution in [-0.4, -0.2) is 14.1 Å². The molecule has 0 saturated heterocycles. The molecular weight excluding hydrogens is 372 g/mol. The van der Waals surface area contributed by atoms with Crippen molar-refractivity contribution in [2.45, 2.75) is 51.2 Å². The van der Waals surface area contributed by atoms with Crippen LogP contribution in [0.15, 0.2) is 78.9 Å². The Hall–Kier alpha value is -2.20. The molecule has 1 aliphatic carbocycles. The van der Waals surface area contributed by atoms with Gasteiger partial charge in [-0.2, -0.15) is 0 Å². The molecule has 0 unspecified atom stereocenters. The maximum Gasteiger partial charge on any atom is 0.286 e. The summed E-state index contributed by atoms with van der Waals surface area (Å²) in [4.78, 5) is 0. The summed E-state index contributed by atoms with van der Waals surface area (Å²) in [5.41, 5.74) is 3.56. The summed E-state index contributed by atoms with van der Waals surface area (Å²) >= 11 is 0. The van der Waals surface area contributed by atoms with Gasteiger partial charge in [0.05, 0.1) is 0 Å². The third kappa shape index (κ3) is 4.09. The smallest absolute Gasteiger partial charge is 0.286 e. The van der Waals surface area contributed by atoms with E-state index < -0.39 is 14.8 Å². The SMILES string of the molecule is CC(C)(C)c1cccc2c1CCC[C@@]2(O)O[Si](c1ccccc1)c1ccccc1. The van der Waals surface area contributed by atoms with Crippen molar-refractivity contribution in [2.75, 3.05) is 0 Å². The summed E-state index contributed by atoms with van der Waals surface area (Å²) in [6.07, 6.45) is 2.55. The van der Waals surface area contributed by atoms with E-state index in [1.165, 1.54) is 11.1 Å². The molecule has 29 heavy (non-hydrogen) atoms. The summed E-state index contributed by atoms with van der Waals surface area (Å²) in [6, 6.07) is 27.0. The standard InChI is InChI=1S/C26H29O2Si/c1-25(2,3)23-17-10-18-24-22(23)16-11-19-26(24,27)28-29(20-12-6-4-7-13-20)21-14-8-5-9-15-21/h4-10,12-15,17-18,27H,11,16,19H2,1-3H3/t26-/m1/s1. The first-order chi connectivity index (χ1) is 13.9. The summed E-state index contributed by atoms with van der Waals surface area (Å²) in [5, 5.41) is 14.1. The van der Waals surface area contributed by atoms with Crippen LogP contribution in [0.1, 0.15) is 50.3 Å². The molecule has 0 amide bonds. The fraction of sp³-hybridized carbons (Fsp3) is 0.308. The molecule has 0 aromatic heterocycles. The van der Waals surface area contributed by atoms with Gasteiger partial charge in [-0.25, -0.2) is 0 Å². The van der Waals surface area contributed by atoms with Crippen molar-refractivity contribution in [1.82, 2.24) is 0 Å². The maximum absolute atomic E-state index is 11.8. The lowest BCUT2D eigenvalue weighted by Crippen LogP contribution is -2.51. The van der Waals surface area contributed by atoms with Gasteiger partial charge in [0.25, 0.3) is 9.04 Å². The first kappa shape index (κ1) is 20.1. The minimum absolute atomic E-state index is 0.0379. The zero-order valence-electron chi connectivity index (χ0n) is 17.5. The molecule has 0 aliphatic heterocycles. The molecule has 4 rings (SSSR count). The summed E-state index contributed by atoms with van der Waals surface area (Å²) < 4.78 is 6.70. The van der Waals surface area contributed by atoms with E-state index in [1.54, 1.807) is 0 Å². The van der Waals surface area contributed by atoms with Crippen LogP contribution in [0.5, 0.6) is 0 Å². The van der Waals surface area contributed by atoms with Gasteiger partial charge in [0.1, 0.15) is 0 Å². The second kappa shape index (κ2) is 7.90. The third-order valence-corrected chi connectivity index (χ3v) is 7.95. The van der Waals surface area contributed by atoms with Gasteiger partial charge < -0.3 is 9.53 Å². The zero-order valence-corrected chi connectivity index (χ0v) is 18.5. The van der Waals surface area contributed by atoms with Crippen LogP contribution < -0.4 is 10.4 Å². The average molecular weight is 402 g/mol. The molecule has 3 aromatic rings. The molecule has 0 spiro atoms. The van der Waals surface area contributed by atoms with E-state index in [-0.39, 0.29) is 5.41 Å². The van der Waals surface area contributed by atoms with Crippen LogP contribution in [0.4, 0.5) is 0 Å². The number of rotatable bonds is 4. The van der Waals surface area contributed by atoms with E-state index in [0.717, 1.165) is 28.8 Å². The topological polar surface area (TPSA) is 29.5 Å². The van der Waals surface area contributed by atoms with E-state index in [1.807, 2.05) is 36.4 Å². The Morgan fingerprint density at radius 2 is 1.41 bits per heavy atom. The minimum atomic E-state index is -1.60. The molecule has 149 valence electrons. The Balaban J connectivity index is 1.78. The number of fused-ring (bicyclic) bond motifs is 1. The van der Waals surface area contributed by atoms with Gasteiger partial charge in [-0.1, -0.05) is 99.6 Å². The van der Waals surface area contributed by atoms with Crippen molar-refractivity contribution in [3.8, 4) is 0 Å². The Morgan fingerprint density at radius 3 is 1.97 bits per heavy atom. The normalized spacial score (nSPS) is 19.2. The molecule has 1 atom stereocenters. The molecule has 1 aliphatic rings. The Labute approximate surface area is 175 Å². The van der Waals surface area contributed by atoms with E-state index in [4.69, 9.17) is 4.43 Å². The number of aliphatic hydroxyl groups is 1. The fourth-order valence-electron chi connectivity index (χ4n) is 4.30. The number of benzene rings is 3. The van der Waals surface area contributed by atoms with E-state index in [0.29, 0.717) is 6.42 Å². The molecule has 1 N–H and O–H groups in total. The first-order valence-electron chi connectivity index (χ1n) is 10.4. The van der Waals surface area contributed by atoms with E-state index in [2.05, 4.69) is 63.2 Å². The molecule has 3 heteroatoms. The highest BCUT2D eigenvalue weighted by Crippen LogP contribution is 2.41. The number of hydrogen-bond acceptors (Lipinski definition) is 2. The summed E-state index contributed by atoms with van der Waals surface area (Å²) in [5.74, 6) is -1.26. The highest BCUT2D eigenvalue weighted by Gasteiger charge is 2.40. The van der Waals surface area contributed by atoms with Gasteiger partial charge in [-0.05, 0) is 39.8 Å². The second-order valence-corrected chi connectivity index (χ2v) is 10.9. The van der Waals surface area contributed by atoms with Gasteiger partial charge in [0.15, 0.2) is 5.79 Å². The molecule has 3 aromatic carbocycles. The van der Waals surface area contributed by atoms with Gasteiger partial charge in [0.2, 0.25) is 0 Å². The molecule has 0 fully saturated rings. The lowest BCUT2D eigenvalue weighted by Gasteiger charge is -2.39. The zero-order chi connectivity index (χ0) is 20.5. The van der Waals surface area contributed by atoms with Crippen LogP contribution in [-0.2, 0) is 22.0 Å². The van der Waals surface area contributed by atoms with Crippen molar-refractivity contribution < 1.29 is 9.53 Å². The predicted octanol–water partition coefficient (Wildman–Crippen LogP) is 4.29. The Bertz CT molecular complexity index is 924. The highest BCUT2D eigenvalue weighted by molar-refractivity contribution is 6.80. The molecular formula is C26H29O2Si. The molecule has 1 radical (unpaired) electrons.